The van der Waals surface area contributed by atoms with Gasteiger partial charge >= 0.3 is 0 Å². The summed E-state index contributed by atoms with van der Waals surface area (Å²) in [5.41, 5.74) is 3.45. The number of piperidine rings is 1. The summed E-state index contributed by atoms with van der Waals surface area (Å²) in [6.45, 7) is 5.39. The summed E-state index contributed by atoms with van der Waals surface area (Å²) in [5, 5.41) is 4.83. The maximum atomic E-state index is 5.20. The van der Waals surface area contributed by atoms with Crippen molar-refractivity contribution < 1.29 is 4.42 Å². The van der Waals surface area contributed by atoms with E-state index in [2.05, 4.69) is 28.1 Å². The van der Waals surface area contributed by atoms with Crippen molar-refractivity contribution >= 4 is 11.3 Å². The van der Waals surface area contributed by atoms with Crippen LogP contribution in [-0.4, -0.2) is 45.7 Å². The molecule has 2 fully saturated rings. The Labute approximate surface area is 153 Å². The molecule has 0 N–H and O–H groups in total. The van der Waals surface area contributed by atoms with E-state index in [1.807, 2.05) is 16.8 Å². The highest BCUT2D eigenvalue weighted by Gasteiger charge is 2.25. The van der Waals surface area contributed by atoms with Gasteiger partial charge in [0.1, 0.15) is 0 Å². The van der Waals surface area contributed by atoms with Crippen LogP contribution >= 0.6 is 0 Å². The lowest BCUT2D eigenvalue weighted by atomic mass is 9.97. The van der Waals surface area contributed by atoms with Crippen LogP contribution in [0.2, 0.25) is 0 Å². The SMILES string of the molecule is c1cc(CN2CCC[C@@H](c3nc4ccc(N5CCCC5)cn4n3)C2)co1. The number of furan rings is 1. The zero-order valence-electron chi connectivity index (χ0n) is 15.0. The zero-order valence-corrected chi connectivity index (χ0v) is 15.0. The summed E-state index contributed by atoms with van der Waals surface area (Å²) >= 11 is 0. The minimum atomic E-state index is 0.408. The normalized spacial score (nSPS) is 21.7. The van der Waals surface area contributed by atoms with Gasteiger partial charge in [0.2, 0.25) is 0 Å². The highest BCUT2D eigenvalue weighted by molar-refractivity contribution is 5.51. The Bertz CT molecular complexity index is 866. The molecule has 0 saturated carbocycles. The van der Waals surface area contributed by atoms with Crippen LogP contribution in [0, 0.1) is 0 Å². The number of hydrogen-bond donors (Lipinski definition) is 0. The highest BCUT2D eigenvalue weighted by Crippen LogP contribution is 2.27. The van der Waals surface area contributed by atoms with Crippen LogP contribution in [0.5, 0.6) is 0 Å². The number of pyridine rings is 1. The third-order valence-electron chi connectivity index (χ3n) is 5.66. The number of nitrogens with zero attached hydrogens (tertiary/aromatic N) is 5. The van der Waals surface area contributed by atoms with Crippen LogP contribution in [0.15, 0.2) is 41.3 Å². The standard InChI is InChI=1S/C20H25N5O/c1-2-10-24(9-1)18-5-6-19-21-20(22-25(19)14-18)17-4-3-8-23(13-17)12-16-7-11-26-15-16/h5-7,11,14-15,17H,1-4,8-10,12-13H2/t17-/m1/s1. The molecule has 2 saturated heterocycles. The van der Waals surface area contributed by atoms with Crippen molar-refractivity contribution in [1.82, 2.24) is 19.5 Å². The summed E-state index contributed by atoms with van der Waals surface area (Å²) in [4.78, 5) is 9.75. The molecule has 26 heavy (non-hydrogen) atoms. The van der Waals surface area contributed by atoms with Crippen molar-refractivity contribution in [1.29, 1.82) is 0 Å². The topological polar surface area (TPSA) is 49.8 Å². The second kappa shape index (κ2) is 6.76. The van der Waals surface area contributed by atoms with Crippen LogP contribution in [0.1, 0.15) is 43.0 Å². The predicted octanol–water partition coefficient (Wildman–Crippen LogP) is 3.30. The second-order valence-corrected chi connectivity index (χ2v) is 7.56. The van der Waals surface area contributed by atoms with Gasteiger partial charge in [-0.15, -0.1) is 0 Å². The van der Waals surface area contributed by atoms with E-state index in [0.717, 1.165) is 50.6 Å². The fourth-order valence-corrected chi connectivity index (χ4v) is 4.28. The summed E-state index contributed by atoms with van der Waals surface area (Å²) in [5.74, 6) is 1.39. The molecule has 2 aliphatic heterocycles. The third-order valence-corrected chi connectivity index (χ3v) is 5.66. The fourth-order valence-electron chi connectivity index (χ4n) is 4.28. The molecule has 2 aliphatic rings. The molecule has 1 atom stereocenters. The van der Waals surface area contributed by atoms with E-state index in [4.69, 9.17) is 14.5 Å². The molecule has 6 nitrogen and oxygen atoms in total. The first-order valence-electron chi connectivity index (χ1n) is 9.70. The molecule has 5 rings (SSSR count). The summed E-state index contributed by atoms with van der Waals surface area (Å²) < 4.78 is 7.17. The number of rotatable bonds is 4. The van der Waals surface area contributed by atoms with Gasteiger partial charge in [-0.25, -0.2) is 9.50 Å². The van der Waals surface area contributed by atoms with Gasteiger partial charge in [-0.1, -0.05) is 0 Å². The van der Waals surface area contributed by atoms with Crippen LogP contribution in [-0.2, 0) is 6.54 Å². The van der Waals surface area contributed by atoms with Crippen LogP contribution in [0.3, 0.4) is 0 Å². The minimum absolute atomic E-state index is 0.408. The maximum absolute atomic E-state index is 5.20. The first-order valence-corrected chi connectivity index (χ1v) is 9.70. The predicted molar refractivity (Wildman–Crippen MR) is 100 cm³/mol. The molecule has 0 aromatic carbocycles. The number of fused-ring (bicyclic) bond motifs is 1. The Morgan fingerprint density at radius 1 is 1.08 bits per heavy atom. The number of likely N-dealkylation sites (tertiary alicyclic amines) is 1. The summed E-state index contributed by atoms with van der Waals surface area (Å²) in [6, 6.07) is 6.34. The van der Waals surface area contributed by atoms with Gasteiger partial charge < -0.3 is 9.32 Å². The Morgan fingerprint density at radius 3 is 2.85 bits per heavy atom. The highest BCUT2D eigenvalue weighted by atomic mass is 16.3. The quantitative estimate of drug-likeness (QED) is 0.722. The van der Waals surface area contributed by atoms with E-state index >= 15 is 0 Å². The second-order valence-electron chi connectivity index (χ2n) is 7.56. The largest absolute Gasteiger partial charge is 0.472 e. The van der Waals surface area contributed by atoms with E-state index < -0.39 is 0 Å². The third kappa shape index (κ3) is 3.09. The number of aromatic nitrogens is 3. The summed E-state index contributed by atoms with van der Waals surface area (Å²) in [7, 11) is 0. The van der Waals surface area contributed by atoms with Gasteiger partial charge in [-0.05, 0) is 50.4 Å². The molecule has 0 bridgehead atoms. The Kier molecular flexibility index (Phi) is 4.13. The first-order chi connectivity index (χ1) is 12.8. The molecule has 3 aromatic heterocycles. The maximum Gasteiger partial charge on any atom is 0.156 e. The van der Waals surface area contributed by atoms with Crippen LogP contribution < -0.4 is 4.90 Å². The lowest BCUT2D eigenvalue weighted by Crippen LogP contribution is -2.34. The lowest BCUT2D eigenvalue weighted by molar-refractivity contribution is 0.196. The van der Waals surface area contributed by atoms with Gasteiger partial charge in [-0.3, -0.25) is 4.90 Å². The first kappa shape index (κ1) is 15.9. The molecule has 6 heteroatoms. The minimum Gasteiger partial charge on any atom is -0.472 e. The van der Waals surface area contributed by atoms with Crippen molar-refractivity contribution in [2.45, 2.75) is 38.1 Å². The summed E-state index contributed by atoms with van der Waals surface area (Å²) in [6.07, 6.45) is 10.7. The molecule has 136 valence electrons. The Morgan fingerprint density at radius 2 is 2.00 bits per heavy atom. The van der Waals surface area contributed by atoms with E-state index in [9.17, 15) is 0 Å². The van der Waals surface area contributed by atoms with E-state index in [-0.39, 0.29) is 0 Å². The molecular weight excluding hydrogens is 326 g/mol. The van der Waals surface area contributed by atoms with Gasteiger partial charge in [0.15, 0.2) is 11.5 Å². The molecule has 0 spiro atoms. The molecule has 0 aliphatic carbocycles. The molecular formula is C20H25N5O. The molecule has 0 amide bonds. The fraction of sp³-hybridized carbons (Fsp3) is 0.500. The van der Waals surface area contributed by atoms with Gasteiger partial charge in [-0.2, -0.15) is 5.10 Å². The average Bonchev–Trinajstić information content (AvgIpc) is 3.42. The number of anilines is 1. The monoisotopic (exact) mass is 351 g/mol. The molecule has 3 aromatic rings. The van der Waals surface area contributed by atoms with Gasteiger partial charge in [0, 0.05) is 37.7 Å². The van der Waals surface area contributed by atoms with Crippen LogP contribution in [0.25, 0.3) is 5.65 Å². The van der Waals surface area contributed by atoms with Crippen molar-refractivity contribution in [3.63, 3.8) is 0 Å². The Balaban J connectivity index is 1.34. The molecule has 5 heterocycles. The van der Waals surface area contributed by atoms with E-state index in [1.54, 1.807) is 6.26 Å². The van der Waals surface area contributed by atoms with Crippen molar-refractivity contribution in [2.24, 2.45) is 0 Å². The van der Waals surface area contributed by atoms with E-state index in [1.165, 1.54) is 30.5 Å². The van der Waals surface area contributed by atoms with Gasteiger partial charge in [0.25, 0.3) is 0 Å². The van der Waals surface area contributed by atoms with Gasteiger partial charge in [0.05, 0.1) is 24.4 Å². The van der Waals surface area contributed by atoms with Crippen molar-refractivity contribution in [3.8, 4) is 0 Å². The number of hydrogen-bond acceptors (Lipinski definition) is 5. The van der Waals surface area contributed by atoms with Crippen LogP contribution in [0.4, 0.5) is 5.69 Å². The average molecular weight is 351 g/mol. The van der Waals surface area contributed by atoms with Crippen molar-refractivity contribution in [3.05, 3.63) is 48.3 Å². The van der Waals surface area contributed by atoms with Crippen molar-refractivity contribution in [2.75, 3.05) is 31.1 Å². The molecule has 0 radical (unpaired) electrons. The smallest absolute Gasteiger partial charge is 0.156 e. The lowest BCUT2D eigenvalue weighted by Gasteiger charge is -2.30. The zero-order chi connectivity index (χ0) is 17.3. The molecule has 0 unspecified atom stereocenters. The Hall–Kier alpha value is -2.34. The van der Waals surface area contributed by atoms with E-state index in [0.29, 0.717) is 5.92 Å².